The van der Waals surface area contributed by atoms with Gasteiger partial charge >= 0.3 is 0 Å². The van der Waals surface area contributed by atoms with Gasteiger partial charge in [-0.25, -0.2) is 0 Å². The second-order valence-corrected chi connectivity index (χ2v) is 9.14. The summed E-state index contributed by atoms with van der Waals surface area (Å²) in [4.78, 5) is 14.5. The van der Waals surface area contributed by atoms with E-state index in [4.69, 9.17) is 4.74 Å². The number of amides is 1. The Labute approximate surface area is 203 Å². The van der Waals surface area contributed by atoms with Crippen LogP contribution in [0.5, 0.6) is 5.75 Å². The Morgan fingerprint density at radius 2 is 1.71 bits per heavy atom. The van der Waals surface area contributed by atoms with E-state index in [0.717, 1.165) is 70.8 Å². The minimum atomic E-state index is 0.128. The first-order valence-corrected chi connectivity index (χ1v) is 12.4. The van der Waals surface area contributed by atoms with E-state index in [2.05, 4.69) is 26.9 Å². The Balaban J connectivity index is 1.38. The zero-order valence-corrected chi connectivity index (χ0v) is 19.9. The Kier molecular flexibility index (Phi) is 6.62. The van der Waals surface area contributed by atoms with E-state index in [9.17, 15) is 4.79 Å². The molecular weight excluding hydrogens is 444 g/mol. The second-order valence-electron chi connectivity index (χ2n) is 8.19. The van der Waals surface area contributed by atoms with Gasteiger partial charge in [-0.3, -0.25) is 9.36 Å². The van der Waals surface area contributed by atoms with E-state index in [1.807, 2.05) is 71.6 Å². The molecule has 0 unspecified atom stereocenters. The van der Waals surface area contributed by atoms with Gasteiger partial charge in [-0.1, -0.05) is 54.2 Å². The molecule has 1 aliphatic rings. The summed E-state index contributed by atoms with van der Waals surface area (Å²) >= 11 is 1.62. The number of rotatable bonds is 7. The van der Waals surface area contributed by atoms with Gasteiger partial charge in [0.2, 0.25) is 0 Å². The third kappa shape index (κ3) is 4.70. The Bertz CT molecular complexity index is 1270. The summed E-state index contributed by atoms with van der Waals surface area (Å²) in [6.45, 7) is 1.72. The predicted molar refractivity (Wildman–Crippen MR) is 134 cm³/mol. The standard InChI is InChI=1S/C27H26N4O2S/c1-33-24-11-7-8-22(18-24)25-28-29-27(31(25)23-9-3-2-4-10-23)34-19-20-12-14-21(15-13-20)26(32)30-16-5-6-17-30/h2-4,7-15,18H,5-6,16-17,19H2,1H3. The van der Waals surface area contributed by atoms with Gasteiger partial charge in [-0.2, -0.15) is 0 Å². The Hall–Kier alpha value is -3.58. The van der Waals surface area contributed by atoms with Crippen LogP contribution in [0.4, 0.5) is 0 Å². The SMILES string of the molecule is COc1cccc(-c2nnc(SCc3ccc(C(=O)N4CCCC4)cc3)n2-c2ccccc2)c1. The molecule has 0 radical (unpaired) electrons. The lowest BCUT2D eigenvalue weighted by Gasteiger charge is -2.15. The molecule has 7 heteroatoms. The van der Waals surface area contributed by atoms with Gasteiger partial charge in [0.05, 0.1) is 7.11 Å². The molecule has 1 saturated heterocycles. The number of carbonyl (C=O) groups excluding carboxylic acids is 1. The van der Waals surface area contributed by atoms with Crippen LogP contribution in [0.15, 0.2) is 84.0 Å². The number of aromatic nitrogens is 3. The molecule has 5 rings (SSSR count). The molecule has 0 N–H and O–H groups in total. The fraction of sp³-hybridized carbons (Fsp3) is 0.222. The fourth-order valence-electron chi connectivity index (χ4n) is 4.12. The summed E-state index contributed by atoms with van der Waals surface area (Å²) in [5.41, 5.74) is 3.82. The van der Waals surface area contributed by atoms with Crippen molar-refractivity contribution < 1.29 is 9.53 Å². The van der Waals surface area contributed by atoms with E-state index in [1.54, 1.807) is 18.9 Å². The van der Waals surface area contributed by atoms with E-state index < -0.39 is 0 Å². The molecule has 0 spiro atoms. The van der Waals surface area contributed by atoms with Crippen LogP contribution in [-0.4, -0.2) is 45.8 Å². The average Bonchev–Trinajstić information content (AvgIpc) is 3.58. The van der Waals surface area contributed by atoms with Crippen molar-refractivity contribution in [1.82, 2.24) is 19.7 Å². The number of nitrogens with zero attached hydrogens (tertiary/aromatic N) is 4. The van der Waals surface area contributed by atoms with Crippen LogP contribution < -0.4 is 4.74 Å². The lowest BCUT2D eigenvalue weighted by atomic mass is 10.1. The maximum absolute atomic E-state index is 12.6. The minimum Gasteiger partial charge on any atom is -0.497 e. The van der Waals surface area contributed by atoms with Crippen LogP contribution >= 0.6 is 11.8 Å². The van der Waals surface area contributed by atoms with E-state index in [-0.39, 0.29) is 5.91 Å². The molecule has 1 amide bonds. The molecule has 0 aliphatic carbocycles. The molecule has 0 bridgehead atoms. The molecular formula is C27H26N4O2S. The molecule has 4 aromatic rings. The third-order valence-corrected chi connectivity index (χ3v) is 6.94. The van der Waals surface area contributed by atoms with Gasteiger partial charge in [0, 0.05) is 35.7 Å². The molecule has 0 atom stereocenters. The van der Waals surface area contributed by atoms with Crippen LogP contribution in [0.2, 0.25) is 0 Å². The molecule has 6 nitrogen and oxygen atoms in total. The summed E-state index contributed by atoms with van der Waals surface area (Å²) in [5, 5.41) is 9.84. The molecule has 1 aromatic heterocycles. The highest BCUT2D eigenvalue weighted by molar-refractivity contribution is 7.98. The van der Waals surface area contributed by atoms with Crippen molar-refractivity contribution in [1.29, 1.82) is 0 Å². The average molecular weight is 471 g/mol. The fourth-order valence-corrected chi connectivity index (χ4v) is 5.02. The van der Waals surface area contributed by atoms with Gasteiger partial charge in [0.15, 0.2) is 11.0 Å². The molecule has 2 heterocycles. The largest absolute Gasteiger partial charge is 0.497 e. The van der Waals surface area contributed by atoms with Crippen molar-refractivity contribution in [2.75, 3.05) is 20.2 Å². The second kappa shape index (κ2) is 10.1. The van der Waals surface area contributed by atoms with Crippen molar-refractivity contribution in [3.63, 3.8) is 0 Å². The first-order valence-electron chi connectivity index (χ1n) is 11.4. The predicted octanol–water partition coefficient (Wildman–Crippen LogP) is 5.47. The quantitative estimate of drug-likeness (QED) is 0.335. The highest BCUT2D eigenvalue weighted by Crippen LogP contribution is 2.31. The van der Waals surface area contributed by atoms with Gasteiger partial charge < -0.3 is 9.64 Å². The Morgan fingerprint density at radius 1 is 0.941 bits per heavy atom. The van der Waals surface area contributed by atoms with Crippen LogP contribution in [0, 0.1) is 0 Å². The summed E-state index contributed by atoms with van der Waals surface area (Å²) in [6, 6.07) is 25.9. The number of hydrogen-bond donors (Lipinski definition) is 0. The highest BCUT2D eigenvalue weighted by atomic mass is 32.2. The molecule has 34 heavy (non-hydrogen) atoms. The lowest BCUT2D eigenvalue weighted by Crippen LogP contribution is -2.27. The first kappa shape index (κ1) is 22.2. The van der Waals surface area contributed by atoms with Gasteiger partial charge in [0.25, 0.3) is 5.91 Å². The monoisotopic (exact) mass is 470 g/mol. The van der Waals surface area contributed by atoms with Gasteiger partial charge in [-0.05, 0) is 54.8 Å². The van der Waals surface area contributed by atoms with Crippen molar-refractivity contribution >= 4 is 17.7 Å². The molecule has 172 valence electrons. The van der Waals surface area contributed by atoms with Crippen LogP contribution in [0.1, 0.15) is 28.8 Å². The number of likely N-dealkylation sites (tertiary alicyclic amines) is 1. The molecule has 1 aliphatic heterocycles. The third-order valence-electron chi connectivity index (χ3n) is 5.94. The number of methoxy groups -OCH3 is 1. The van der Waals surface area contributed by atoms with Crippen LogP contribution in [0.25, 0.3) is 17.1 Å². The molecule has 3 aromatic carbocycles. The minimum absolute atomic E-state index is 0.128. The van der Waals surface area contributed by atoms with Gasteiger partial charge in [0.1, 0.15) is 5.75 Å². The normalized spacial score (nSPS) is 13.3. The Morgan fingerprint density at radius 3 is 2.44 bits per heavy atom. The van der Waals surface area contributed by atoms with Crippen molar-refractivity contribution in [2.45, 2.75) is 23.8 Å². The van der Waals surface area contributed by atoms with Crippen molar-refractivity contribution in [3.05, 3.63) is 90.0 Å². The summed E-state index contributed by atoms with van der Waals surface area (Å²) < 4.78 is 7.48. The van der Waals surface area contributed by atoms with E-state index in [0.29, 0.717) is 0 Å². The maximum Gasteiger partial charge on any atom is 0.253 e. The number of carbonyl (C=O) groups is 1. The summed E-state index contributed by atoms with van der Waals surface area (Å²) in [7, 11) is 1.66. The smallest absolute Gasteiger partial charge is 0.253 e. The highest BCUT2D eigenvalue weighted by Gasteiger charge is 2.20. The number of thioether (sulfide) groups is 1. The van der Waals surface area contributed by atoms with Crippen LogP contribution in [0.3, 0.4) is 0 Å². The zero-order chi connectivity index (χ0) is 23.3. The summed E-state index contributed by atoms with van der Waals surface area (Å²) in [5.74, 6) is 2.39. The van der Waals surface area contributed by atoms with Crippen molar-refractivity contribution in [2.24, 2.45) is 0 Å². The number of benzene rings is 3. The van der Waals surface area contributed by atoms with E-state index in [1.165, 1.54) is 0 Å². The molecule has 0 saturated carbocycles. The van der Waals surface area contributed by atoms with Gasteiger partial charge in [-0.15, -0.1) is 10.2 Å². The lowest BCUT2D eigenvalue weighted by molar-refractivity contribution is 0.0793. The topological polar surface area (TPSA) is 60.3 Å². The van der Waals surface area contributed by atoms with Crippen molar-refractivity contribution in [3.8, 4) is 22.8 Å². The summed E-state index contributed by atoms with van der Waals surface area (Å²) in [6.07, 6.45) is 2.20. The van der Waals surface area contributed by atoms with E-state index >= 15 is 0 Å². The molecule has 1 fully saturated rings. The first-order chi connectivity index (χ1) is 16.7. The number of hydrogen-bond acceptors (Lipinski definition) is 5. The number of ether oxygens (including phenoxy) is 1. The number of para-hydroxylation sites is 1. The zero-order valence-electron chi connectivity index (χ0n) is 19.1. The van der Waals surface area contributed by atoms with Crippen LogP contribution in [-0.2, 0) is 5.75 Å². The maximum atomic E-state index is 12.6.